The van der Waals surface area contributed by atoms with Crippen LogP contribution in [0.3, 0.4) is 0 Å². The van der Waals surface area contributed by atoms with Crippen molar-refractivity contribution >= 4 is 45.0 Å². The third kappa shape index (κ3) is 4.96. The second kappa shape index (κ2) is 10.0. The third-order valence-electron chi connectivity index (χ3n) is 6.91. The molecule has 0 saturated heterocycles. The maximum atomic E-state index is 4.84. The molecule has 0 fully saturated rings. The molecule has 2 aromatic carbocycles. The van der Waals surface area contributed by atoms with Crippen LogP contribution in [0.1, 0.15) is 58.9 Å². The lowest BCUT2D eigenvalue weighted by molar-refractivity contribution is 1.01. The summed E-state index contributed by atoms with van der Waals surface area (Å²) in [7, 11) is 0. The fourth-order valence-corrected chi connectivity index (χ4v) is 6.89. The number of benzene rings is 2. The Morgan fingerprint density at radius 2 is 0.943 bits per heavy atom. The molecule has 0 aliphatic heterocycles. The Morgan fingerprint density at radius 3 is 1.40 bits per heavy atom. The van der Waals surface area contributed by atoms with Gasteiger partial charge in [-0.05, 0) is 71.4 Å². The van der Waals surface area contributed by atoms with Crippen LogP contribution in [0.2, 0.25) is 0 Å². The highest BCUT2D eigenvalue weighted by Gasteiger charge is 2.12. The molecule has 0 N–H and O–H groups in total. The zero-order chi connectivity index (χ0) is 24.5. The summed E-state index contributed by atoms with van der Waals surface area (Å²) in [5.74, 6) is 0. The van der Waals surface area contributed by atoms with Gasteiger partial charge in [0.05, 0.1) is 19.8 Å². The van der Waals surface area contributed by atoms with E-state index in [1.54, 1.807) is 0 Å². The van der Waals surface area contributed by atoms with Gasteiger partial charge < -0.3 is 0 Å². The Labute approximate surface area is 215 Å². The van der Waals surface area contributed by atoms with E-state index in [1.807, 2.05) is 28.7 Å². The molecular weight excluding hydrogens is 464 g/mol. The largest absolute Gasteiger partial charge is 0.236 e. The molecule has 2 aromatic heterocycles. The summed E-state index contributed by atoms with van der Waals surface area (Å²) in [5, 5.41) is 4.77. The van der Waals surface area contributed by atoms with Crippen LogP contribution < -0.4 is 19.8 Å². The Balaban J connectivity index is 0.000000145. The van der Waals surface area contributed by atoms with Crippen molar-refractivity contribution in [1.29, 1.82) is 0 Å². The van der Waals surface area contributed by atoms with Crippen molar-refractivity contribution in [3.63, 3.8) is 0 Å². The predicted molar refractivity (Wildman–Crippen MR) is 153 cm³/mol. The second-order valence-electron chi connectivity index (χ2n) is 9.75. The number of fused-ring (bicyclic) bond motifs is 2. The minimum atomic E-state index is 1.15. The molecule has 178 valence electrons. The van der Waals surface area contributed by atoms with Crippen molar-refractivity contribution in [3.05, 3.63) is 79.9 Å². The third-order valence-corrected chi connectivity index (χ3v) is 9.44. The van der Waals surface area contributed by atoms with Gasteiger partial charge in [0.25, 0.3) is 0 Å². The molecule has 35 heavy (non-hydrogen) atoms. The summed E-state index contributed by atoms with van der Waals surface area (Å²) >= 11 is 3.67. The first-order valence-corrected chi connectivity index (χ1v) is 14.0. The van der Waals surface area contributed by atoms with Crippen LogP contribution in [-0.4, -0.2) is 9.97 Å². The lowest BCUT2D eigenvalue weighted by Gasteiger charge is -2.05. The minimum absolute atomic E-state index is 1.15. The van der Waals surface area contributed by atoms with E-state index in [4.69, 9.17) is 9.97 Å². The number of hydrogen-bond donors (Lipinski definition) is 0. The molecule has 2 aliphatic rings. The van der Waals surface area contributed by atoms with Crippen molar-refractivity contribution < 1.29 is 0 Å². The molecule has 6 rings (SSSR count). The normalized spacial score (nSPS) is 14.9. The molecule has 0 amide bonds. The number of hydrogen-bond acceptors (Lipinski definition) is 4. The Bertz CT molecular complexity index is 1540. The molecule has 0 saturated carbocycles. The molecular formula is C31H32N2S2. The van der Waals surface area contributed by atoms with Crippen molar-refractivity contribution in [2.75, 3.05) is 0 Å². The van der Waals surface area contributed by atoms with Crippen LogP contribution in [0, 0.1) is 6.92 Å². The van der Waals surface area contributed by atoms with E-state index >= 15 is 0 Å². The quantitative estimate of drug-likeness (QED) is 0.330. The zero-order valence-corrected chi connectivity index (χ0v) is 22.9. The van der Waals surface area contributed by atoms with E-state index in [0.29, 0.717) is 0 Å². The van der Waals surface area contributed by atoms with Gasteiger partial charge in [0, 0.05) is 11.1 Å². The smallest absolute Gasteiger partial charge is 0.124 e. The second-order valence-corrected chi connectivity index (χ2v) is 11.7. The minimum Gasteiger partial charge on any atom is -0.236 e. The summed E-state index contributed by atoms with van der Waals surface area (Å²) in [6.45, 7) is 11.0. The first kappa shape index (κ1) is 23.9. The van der Waals surface area contributed by atoms with Gasteiger partial charge in [-0.2, -0.15) is 0 Å². The molecule has 0 bridgehead atoms. The van der Waals surface area contributed by atoms with E-state index in [2.05, 4.69) is 83.1 Å². The summed E-state index contributed by atoms with van der Waals surface area (Å²) in [4.78, 5) is 9.66. The van der Waals surface area contributed by atoms with E-state index in [1.165, 1.54) is 71.6 Å². The number of aromatic nitrogens is 2. The first-order chi connectivity index (χ1) is 16.9. The van der Waals surface area contributed by atoms with E-state index in [0.717, 1.165) is 22.9 Å². The summed E-state index contributed by atoms with van der Waals surface area (Å²) in [6.07, 6.45) is 4.70. The van der Waals surface area contributed by atoms with Crippen molar-refractivity contribution in [3.8, 4) is 21.1 Å². The molecule has 4 heteroatoms. The molecule has 2 heterocycles. The molecule has 0 unspecified atom stereocenters. The van der Waals surface area contributed by atoms with Crippen molar-refractivity contribution in [2.45, 2.75) is 60.3 Å². The average molecular weight is 497 g/mol. The average Bonchev–Trinajstić information content (AvgIpc) is 3.53. The Hall–Kier alpha value is -2.82. The van der Waals surface area contributed by atoms with Gasteiger partial charge in [0.2, 0.25) is 0 Å². The van der Waals surface area contributed by atoms with Crippen LogP contribution >= 0.6 is 22.7 Å². The monoisotopic (exact) mass is 496 g/mol. The van der Waals surface area contributed by atoms with E-state index < -0.39 is 0 Å². The summed E-state index contributed by atoms with van der Waals surface area (Å²) in [6, 6.07) is 19.1. The molecule has 0 radical (unpaired) electrons. The number of aryl methyl sites for hydroxylation is 1. The highest BCUT2D eigenvalue weighted by molar-refractivity contribution is 7.13. The van der Waals surface area contributed by atoms with Gasteiger partial charge in [0.15, 0.2) is 0 Å². The standard InChI is InChI=1S/C16H17NS.C15H15NS/c1-10-4-8-13(9-5-10)16-17-14-11(2)6-7-12(3)15(14)18-16;1-10-8-9-11(2)14-13(10)16-15(17-14)12-6-4-3-5-7-12/h4-5,8-9H,6-7H2,1-3H3;3-7H,8-9H2,1-2H3. The molecule has 4 aromatic rings. The number of thiazole rings is 2. The molecule has 0 spiro atoms. The van der Waals surface area contributed by atoms with Gasteiger partial charge in [-0.15, -0.1) is 22.7 Å². The molecule has 2 nitrogen and oxygen atoms in total. The van der Waals surface area contributed by atoms with Gasteiger partial charge >= 0.3 is 0 Å². The lowest BCUT2D eigenvalue weighted by Crippen LogP contribution is -2.28. The van der Waals surface area contributed by atoms with Crippen LogP contribution in [0.25, 0.3) is 43.4 Å². The Kier molecular flexibility index (Phi) is 6.86. The van der Waals surface area contributed by atoms with Gasteiger partial charge in [0.1, 0.15) is 10.0 Å². The fourth-order valence-electron chi connectivity index (χ4n) is 4.53. The maximum Gasteiger partial charge on any atom is 0.124 e. The highest BCUT2D eigenvalue weighted by atomic mass is 32.1. The highest BCUT2D eigenvalue weighted by Crippen LogP contribution is 2.22. The van der Waals surface area contributed by atoms with Gasteiger partial charge in [-0.3, -0.25) is 0 Å². The fraction of sp³-hybridized carbons (Fsp3) is 0.290. The van der Waals surface area contributed by atoms with Crippen LogP contribution in [0.5, 0.6) is 0 Å². The topological polar surface area (TPSA) is 25.8 Å². The summed E-state index contributed by atoms with van der Waals surface area (Å²) in [5.41, 5.74) is 9.62. The van der Waals surface area contributed by atoms with Crippen molar-refractivity contribution in [1.82, 2.24) is 9.97 Å². The van der Waals surface area contributed by atoms with Gasteiger partial charge in [-0.25, -0.2) is 9.97 Å². The van der Waals surface area contributed by atoms with E-state index in [9.17, 15) is 0 Å². The van der Waals surface area contributed by atoms with Gasteiger partial charge in [-0.1, -0.05) is 71.3 Å². The summed E-state index contributed by atoms with van der Waals surface area (Å²) < 4.78 is 2.79. The maximum absolute atomic E-state index is 4.84. The number of rotatable bonds is 2. The Morgan fingerprint density at radius 1 is 0.514 bits per heavy atom. The SMILES string of the molecule is CC1=c2nc(-c3ccc(C)cc3)sc2=C(C)CC1.CC1=c2nc(-c3ccccc3)sc2=C(C)CC1. The zero-order valence-electron chi connectivity index (χ0n) is 21.2. The first-order valence-electron chi connectivity index (χ1n) is 12.4. The predicted octanol–water partition coefficient (Wildman–Crippen LogP) is 6.20. The molecule has 2 aliphatic carbocycles. The van der Waals surface area contributed by atoms with Crippen molar-refractivity contribution in [2.24, 2.45) is 0 Å². The van der Waals surface area contributed by atoms with E-state index in [-0.39, 0.29) is 0 Å². The van der Waals surface area contributed by atoms with Crippen LogP contribution in [0.15, 0.2) is 54.6 Å². The molecule has 0 atom stereocenters. The van der Waals surface area contributed by atoms with Crippen LogP contribution in [0.4, 0.5) is 0 Å². The van der Waals surface area contributed by atoms with Crippen LogP contribution in [-0.2, 0) is 0 Å². The lowest BCUT2D eigenvalue weighted by atomic mass is 10.0. The number of nitrogens with zero attached hydrogens (tertiary/aromatic N) is 2.